The van der Waals surface area contributed by atoms with Crippen LogP contribution in [0.2, 0.25) is 0 Å². The molecule has 0 heterocycles. The Morgan fingerprint density at radius 3 is 2.14 bits per heavy atom. The average Bonchev–Trinajstić information content (AvgIpc) is 3.36. The Morgan fingerprint density at radius 2 is 1.44 bits per heavy atom. The van der Waals surface area contributed by atoms with Crippen LogP contribution in [0.5, 0.6) is 0 Å². The topological polar surface area (TPSA) is 115 Å². The van der Waals surface area contributed by atoms with Crippen LogP contribution in [-0.2, 0) is 18.9 Å². The molecule has 4 rings (SSSR count). The zero-order chi connectivity index (χ0) is 30.9. The van der Waals surface area contributed by atoms with Crippen LogP contribution >= 0.6 is 0 Å². The van der Waals surface area contributed by atoms with Crippen LogP contribution < -0.4 is 17.2 Å². The quantitative estimate of drug-likeness (QED) is 0.156. The summed E-state index contributed by atoms with van der Waals surface area (Å²) in [5, 5.41) is 0. The first-order chi connectivity index (χ1) is 20.8. The van der Waals surface area contributed by atoms with E-state index in [0.717, 1.165) is 78.0 Å². The lowest BCUT2D eigenvalue weighted by molar-refractivity contribution is -0.227. The molecule has 11 atom stereocenters. The minimum atomic E-state index is 0.167. The Balaban J connectivity index is 1.59. The molecule has 0 aromatic rings. The van der Waals surface area contributed by atoms with E-state index in [0.29, 0.717) is 72.8 Å². The summed E-state index contributed by atoms with van der Waals surface area (Å²) in [6.07, 6.45) is 15.8. The van der Waals surface area contributed by atoms with E-state index in [-0.39, 0.29) is 11.5 Å². The second kappa shape index (κ2) is 17.0. The molecule has 43 heavy (non-hydrogen) atoms. The summed E-state index contributed by atoms with van der Waals surface area (Å²) in [7, 11) is 0. The second-order valence-corrected chi connectivity index (χ2v) is 15.2. The highest BCUT2D eigenvalue weighted by Crippen LogP contribution is 2.69. The lowest BCUT2D eigenvalue weighted by atomic mass is 9.43. The van der Waals surface area contributed by atoms with Gasteiger partial charge in [0.25, 0.3) is 0 Å². The van der Waals surface area contributed by atoms with Gasteiger partial charge in [-0.05, 0) is 144 Å². The highest BCUT2D eigenvalue weighted by atomic mass is 16.5. The van der Waals surface area contributed by atoms with Gasteiger partial charge < -0.3 is 36.1 Å². The molecule has 4 saturated carbocycles. The van der Waals surface area contributed by atoms with Crippen molar-refractivity contribution < 1.29 is 18.9 Å². The zero-order valence-electron chi connectivity index (χ0n) is 28.4. The molecule has 7 nitrogen and oxygen atoms in total. The third kappa shape index (κ3) is 8.00. The maximum absolute atomic E-state index is 6.97. The molecule has 0 amide bonds. The predicted octanol–water partition coefficient (Wildman–Crippen LogP) is 5.91. The SMILES string of the molecule is CCCOCCC[C@@H](C)C1CC[C@H]2C3[C@H](OCCCN)CC4C[C@H](OCCCN)CC[C@]4(C)[C@H]3C[C@H](OCCCN)[C@]12C. The highest BCUT2D eigenvalue weighted by Gasteiger charge is 2.66. The van der Waals surface area contributed by atoms with Gasteiger partial charge in [0.2, 0.25) is 0 Å². The van der Waals surface area contributed by atoms with E-state index in [1.807, 2.05) is 0 Å². The summed E-state index contributed by atoms with van der Waals surface area (Å²) in [6.45, 7) is 16.2. The van der Waals surface area contributed by atoms with E-state index >= 15 is 0 Å². The van der Waals surface area contributed by atoms with Crippen molar-refractivity contribution in [3.05, 3.63) is 0 Å². The molecule has 4 aliphatic rings. The smallest absolute Gasteiger partial charge is 0.0637 e. The zero-order valence-corrected chi connectivity index (χ0v) is 28.4. The van der Waals surface area contributed by atoms with E-state index in [1.54, 1.807) is 0 Å². The van der Waals surface area contributed by atoms with Crippen molar-refractivity contribution in [3.8, 4) is 0 Å². The standard InChI is InChI=1S/C36H69N3O4/c1-5-18-40-19-6-10-26(2)29-11-12-30-34-31(25-33(36(29,30)4)43-22-9-17-39)35(3)14-13-28(41-20-7-15-37)23-27(35)24-32(34)42-21-8-16-38/h26-34H,5-25,37-39H2,1-4H3/t26-,27?,28-,29?,30+,31+,32-,33+,34?,35+,36-/m1/s1. The summed E-state index contributed by atoms with van der Waals surface area (Å²) in [6, 6.07) is 0. The molecule has 0 aliphatic heterocycles. The Labute approximate surface area is 264 Å². The number of ether oxygens (including phenoxy) is 4. The van der Waals surface area contributed by atoms with E-state index in [1.165, 1.54) is 38.5 Å². The maximum atomic E-state index is 6.97. The highest BCUT2D eigenvalue weighted by molar-refractivity contribution is 5.15. The molecule has 0 bridgehead atoms. The number of nitrogens with two attached hydrogens (primary N) is 3. The van der Waals surface area contributed by atoms with E-state index in [4.69, 9.17) is 36.1 Å². The molecule has 0 aromatic heterocycles. The summed E-state index contributed by atoms with van der Waals surface area (Å²) < 4.78 is 26.1. The number of rotatable bonds is 19. The minimum Gasteiger partial charge on any atom is -0.381 e. The molecule has 252 valence electrons. The van der Waals surface area contributed by atoms with Crippen molar-refractivity contribution in [2.24, 2.45) is 63.5 Å². The number of hydrogen-bond acceptors (Lipinski definition) is 7. The lowest BCUT2D eigenvalue weighted by Crippen LogP contribution is -2.63. The fourth-order valence-corrected chi connectivity index (χ4v) is 10.6. The molecule has 6 N–H and O–H groups in total. The molecular weight excluding hydrogens is 538 g/mol. The van der Waals surface area contributed by atoms with Crippen LogP contribution in [0.25, 0.3) is 0 Å². The van der Waals surface area contributed by atoms with Gasteiger partial charge in [-0.2, -0.15) is 0 Å². The molecule has 0 aromatic carbocycles. The summed E-state index contributed by atoms with van der Waals surface area (Å²) in [5.41, 5.74) is 18.1. The number of fused-ring (bicyclic) bond motifs is 5. The largest absolute Gasteiger partial charge is 0.381 e. The minimum absolute atomic E-state index is 0.167. The Bertz CT molecular complexity index is 802. The molecular formula is C36H69N3O4. The molecule has 0 saturated heterocycles. The Hall–Kier alpha value is -0.280. The summed E-state index contributed by atoms with van der Waals surface area (Å²) in [4.78, 5) is 0. The van der Waals surface area contributed by atoms with Gasteiger partial charge in [0, 0.05) is 38.4 Å². The Morgan fingerprint density at radius 1 is 0.744 bits per heavy atom. The van der Waals surface area contributed by atoms with Crippen molar-refractivity contribution >= 4 is 0 Å². The van der Waals surface area contributed by atoms with Gasteiger partial charge in [0.05, 0.1) is 18.3 Å². The first kappa shape index (κ1) is 35.6. The molecule has 0 spiro atoms. The van der Waals surface area contributed by atoms with Gasteiger partial charge in [-0.1, -0.05) is 27.7 Å². The Kier molecular flexibility index (Phi) is 14.1. The molecule has 4 aliphatic carbocycles. The van der Waals surface area contributed by atoms with Gasteiger partial charge in [-0.25, -0.2) is 0 Å². The maximum Gasteiger partial charge on any atom is 0.0637 e. The third-order valence-corrected chi connectivity index (χ3v) is 12.8. The van der Waals surface area contributed by atoms with Crippen molar-refractivity contribution in [1.29, 1.82) is 0 Å². The van der Waals surface area contributed by atoms with E-state index in [2.05, 4.69) is 27.7 Å². The van der Waals surface area contributed by atoms with Gasteiger partial charge >= 0.3 is 0 Å². The first-order valence-electron chi connectivity index (χ1n) is 18.4. The van der Waals surface area contributed by atoms with Gasteiger partial charge in [-0.3, -0.25) is 0 Å². The average molecular weight is 608 g/mol. The summed E-state index contributed by atoms with van der Waals surface area (Å²) >= 11 is 0. The van der Waals surface area contributed by atoms with Crippen molar-refractivity contribution in [3.63, 3.8) is 0 Å². The third-order valence-electron chi connectivity index (χ3n) is 12.8. The molecule has 3 unspecified atom stereocenters. The van der Waals surface area contributed by atoms with Crippen LogP contribution in [-0.4, -0.2) is 71.0 Å². The van der Waals surface area contributed by atoms with Crippen molar-refractivity contribution in [2.75, 3.05) is 52.7 Å². The van der Waals surface area contributed by atoms with Gasteiger partial charge in [0.1, 0.15) is 0 Å². The van der Waals surface area contributed by atoms with Crippen LogP contribution in [0.4, 0.5) is 0 Å². The van der Waals surface area contributed by atoms with Gasteiger partial charge in [0.15, 0.2) is 0 Å². The molecule has 0 radical (unpaired) electrons. The normalized spacial score (nSPS) is 39.7. The fourth-order valence-electron chi connectivity index (χ4n) is 10.6. The van der Waals surface area contributed by atoms with Crippen LogP contribution in [0.1, 0.15) is 111 Å². The monoisotopic (exact) mass is 608 g/mol. The van der Waals surface area contributed by atoms with Crippen molar-refractivity contribution in [1.82, 2.24) is 0 Å². The van der Waals surface area contributed by atoms with Crippen LogP contribution in [0, 0.1) is 46.3 Å². The van der Waals surface area contributed by atoms with Gasteiger partial charge in [-0.15, -0.1) is 0 Å². The first-order valence-corrected chi connectivity index (χ1v) is 18.4. The summed E-state index contributed by atoms with van der Waals surface area (Å²) in [5.74, 6) is 3.82. The second-order valence-electron chi connectivity index (χ2n) is 15.2. The molecule has 7 heteroatoms. The van der Waals surface area contributed by atoms with E-state index < -0.39 is 0 Å². The molecule has 4 fully saturated rings. The lowest BCUT2D eigenvalue weighted by Gasteiger charge is -2.65. The van der Waals surface area contributed by atoms with E-state index in [9.17, 15) is 0 Å². The van der Waals surface area contributed by atoms with Crippen LogP contribution in [0.3, 0.4) is 0 Å². The van der Waals surface area contributed by atoms with Crippen LogP contribution in [0.15, 0.2) is 0 Å². The predicted molar refractivity (Wildman–Crippen MR) is 176 cm³/mol. The van der Waals surface area contributed by atoms with Crippen molar-refractivity contribution in [2.45, 2.75) is 129 Å². The fraction of sp³-hybridized carbons (Fsp3) is 1.00. The number of hydrogen-bond donors (Lipinski definition) is 3.